The van der Waals surface area contributed by atoms with Crippen molar-refractivity contribution in [1.82, 2.24) is 5.16 Å². The zero-order valence-electron chi connectivity index (χ0n) is 10.2. The fraction of sp³-hybridized carbons (Fsp3) is 0.250. The molecule has 0 fully saturated rings. The second kappa shape index (κ2) is 4.81. The Morgan fingerprint density at radius 2 is 1.94 bits per heavy atom. The van der Waals surface area contributed by atoms with E-state index in [4.69, 9.17) is 4.52 Å². The number of benzene rings is 1. The third-order valence-electron chi connectivity index (χ3n) is 2.56. The van der Waals surface area contributed by atoms with Gasteiger partial charge in [0, 0.05) is 0 Å². The van der Waals surface area contributed by atoms with Crippen molar-refractivity contribution in [1.29, 1.82) is 0 Å². The number of nitrogens with one attached hydrogen (secondary N) is 1. The Hall–Kier alpha value is -1.82. The number of hydrogen-bond acceptors (Lipinski definition) is 4. The van der Waals surface area contributed by atoms with E-state index >= 15 is 0 Å². The maximum atomic E-state index is 11.5. The Morgan fingerprint density at radius 3 is 2.56 bits per heavy atom. The Balaban J connectivity index is 2.36. The molecule has 0 aliphatic carbocycles. The Kier molecular flexibility index (Phi) is 3.38. The second-order valence-corrected chi connectivity index (χ2v) is 5.95. The highest BCUT2D eigenvalue weighted by atomic mass is 32.2. The third-order valence-corrected chi connectivity index (χ3v) is 3.82. The van der Waals surface area contributed by atoms with Crippen molar-refractivity contribution in [3.63, 3.8) is 0 Å². The van der Waals surface area contributed by atoms with E-state index in [1.165, 1.54) is 6.20 Å². The molecule has 96 valence electrons. The summed E-state index contributed by atoms with van der Waals surface area (Å²) in [4.78, 5) is 0. The Labute approximate surface area is 106 Å². The van der Waals surface area contributed by atoms with E-state index in [-0.39, 0.29) is 11.6 Å². The minimum atomic E-state index is -3.36. The van der Waals surface area contributed by atoms with Crippen LogP contribution in [-0.4, -0.2) is 19.3 Å². The van der Waals surface area contributed by atoms with Gasteiger partial charge in [-0.1, -0.05) is 35.0 Å². The summed E-state index contributed by atoms with van der Waals surface area (Å²) in [6, 6.07) is 7.68. The van der Waals surface area contributed by atoms with Crippen LogP contribution in [0.25, 0.3) is 11.1 Å². The summed E-state index contributed by atoms with van der Waals surface area (Å²) in [5.41, 5.74) is 2.62. The molecule has 0 radical (unpaired) electrons. The molecule has 5 nitrogen and oxygen atoms in total. The van der Waals surface area contributed by atoms with Crippen LogP contribution in [0.15, 0.2) is 35.0 Å². The van der Waals surface area contributed by atoms with E-state index in [1.54, 1.807) is 6.92 Å². The van der Waals surface area contributed by atoms with Gasteiger partial charge in [0.2, 0.25) is 15.9 Å². The quantitative estimate of drug-likeness (QED) is 0.922. The van der Waals surface area contributed by atoms with Crippen LogP contribution >= 0.6 is 0 Å². The fourth-order valence-electron chi connectivity index (χ4n) is 1.47. The topological polar surface area (TPSA) is 72.2 Å². The molecule has 0 atom stereocenters. The highest BCUT2D eigenvalue weighted by Gasteiger charge is 2.15. The highest BCUT2D eigenvalue weighted by Crippen LogP contribution is 2.28. The maximum absolute atomic E-state index is 11.5. The van der Waals surface area contributed by atoms with Gasteiger partial charge in [0.25, 0.3) is 0 Å². The van der Waals surface area contributed by atoms with Crippen LogP contribution < -0.4 is 4.72 Å². The minimum absolute atomic E-state index is 0.0129. The van der Waals surface area contributed by atoms with E-state index in [9.17, 15) is 8.42 Å². The first kappa shape index (κ1) is 12.6. The number of sulfonamides is 1. The molecule has 0 saturated heterocycles. The summed E-state index contributed by atoms with van der Waals surface area (Å²) in [6.07, 6.45) is 1.50. The normalized spacial score (nSPS) is 11.4. The van der Waals surface area contributed by atoms with Gasteiger partial charge in [-0.05, 0) is 19.4 Å². The first-order chi connectivity index (χ1) is 8.52. The zero-order chi connectivity index (χ0) is 13.2. The molecule has 2 rings (SSSR count). The molecule has 18 heavy (non-hydrogen) atoms. The zero-order valence-corrected chi connectivity index (χ0v) is 11.0. The summed E-state index contributed by atoms with van der Waals surface area (Å²) < 4.78 is 30.3. The average molecular weight is 266 g/mol. The molecule has 0 aliphatic heterocycles. The van der Waals surface area contributed by atoms with Crippen LogP contribution in [0.2, 0.25) is 0 Å². The molecule has 0 saturated carbocycles. The van der Waals surface area contributed by atoms with Gasteiger partial charge in [0.15, 0.2) is 0 Å². The molecular formula is C12H14N2O3S. The molecular weight excluding hydrogens is 252 g/mol. The van der Waals surface area contributed by atoms with Crippen LogP contribution in [0, 0.1) is 6.92 Å². The van der Waals surface area contributed by atoms with Gasteiger partial charge in [0.1, 0.15) is 0 Å². The Morgan fingerprint density at radius 1 is 1.28 bits per heavy atom. The van der Waals surface area contributed by atoms with Crippen LogP contribution in [0.4, 0.5) is 5.88 Å². The largest absolute Gasteiger partial charge is 0.337 e. The number of rotatable bonds is 4. The molecule has 1 aromatic heterocycles. The predicted molar refractivity (Wildman–Crippen MR) is 69.8 cm³/mol. The molecule has 6 heteroatoms. The van der Waals surface area contributed by atoms with E-state index < -0.39 is 10.0 Å². The van der Waals surface area contributed by atoms with Crippen molar-refractivity contribution in [3.05, 3.63) is 36.0 Å². The summed E-state index contributed by atoms with van der Waals surface area (Å²) in [6.45, 7) is 3.54. The highest BCUT2D eigenvalue weighted by molar-refractivity contribution is 7.92. The van der Waals surface area contributed by atoms with E-state index in [0.29, 0.717) is 5.56 Å². The average Bonchev–Trinajstić information content (AvgIpc) is 2.77. The van der Waals surface area contributed by atoms with Gasteiger partial charge in [-0.3, -0.25) is 4.72 Å². The Bertz CT molecular complexity index is 630. The summed E-state index contributed by atoms with van der Waals surface area (Å²) >= 11 is 0. The van der Waals surface area contributed by atoms with Crippen LogP contribution in [-0.2, 0) is 10.0 Å². The van der Waals surface area contributed by atoms with E-state index in [1.807, 2.05) is 31.2 Å². The molecule has 1 aromatic carbocycles. The molecule has 0 amide bonds. The van der Waals surface area contributed by atoms with Crippen molar-refractivity contribution >= 4 is 15.9 Å². The lowest BCUT2D eigenvalue weighted by Gasteiger charge is -2.04. The van der Waals surface area contributed by atoms with Crippen molar-refractivity contribution < 1.29 is 12.9 Å². The molecule has 0 spiro atoms. The van der Waals surface area contributed by atoms with Crippen molar-refractivity contribution in [3.8, 4) is 11.1 Å². The monoisotopic (exact) mass is 266 g/mol. The smallest absolute Gasteiger partial charge is 0.245 e. The van der Waals surface area contributed by atoms with Gasteiger partial charge in [-0.25, -0.2) is 8.42 Å². The predicted octanol–water partition coefficient (Wildman–Crippen LogP) is 2.41. The number of anilines is 1. The van der Waals surface area contributed by atoms with Gasteiger partial charge >= 0.3 is 0 Å². The second-order valence-electron chi connectivity index (χ2n) is 3.94. The molecule has 1 heterocycles. The number of aromatic nitrogens is 1. The molecule has 2 aromatic rings. The van der Waals surface area contributed by atoms with Crippen LogP contribution in [0.3, 0.4) is 0 Å². The van der Waals surface area contributed by atoms with Crippen molar-refractivity contribution in [2.75, 3.05) is 10.5 Å². The SMILES string of the molecule is CCS(=O)(=O)Nc1oncc1-c1ccc(C)cc1. The van der Waals surface area contributed by atoms with Gasteiger partial charge in [0.05, 0.1) is 17.5 Å². The fourth-order valence-corrected chi connectivity index (χ4v) is 2.04. The third kappa shape index (κ3) is 2.70. The molecule has 0 bridgehead atoms. The summed E-state index contributed by atoms with van der Waals surface area (Å²) in [5.74, 6) is 0.141. The lowest BCUT2D eigenvalue weighted by Crippen LogP contribution is -2.14. The first-order valence-corrected chi connectivity index (χ1v) is 7.19. The lowest BCUT2D eigenvalue weighted by molar-refractivity contribution is 0.436. The van der Waals surface area contributed by atoms with Crippen molar-refractivity contribution in [2.24, 2.45) is 0 Å². The standard InChI is InChI=1S/C12H14N2O3S/c1-3-18(15,16)14-12-11(8-13-17-12)10-6-4-9(2)5-7-10/h4-8,14H,3H2,1-2H3. The van der Waals surface area contributed by atoms with Gasteiger partial charge in [-0.15, -0.1) is 0 Å². The maximum Gasteiger partial charge on any atom is 0.245 e. The number of aryl methyl sites for hydroxylation is 1. The lowest BCUT2D eigenvalue weighted by atomic mass is 10.1. The van der Waals surface area contributed by atoms with Crippen LogP contribution in [0.1, 0.15) is 12.5 Å². The number of hydrogen-bond donors (Lipinski definition) is 1. The molecule has 1 N–H and O–H groups in total. The minimum Gasteiger partial charge on any atom is -0.337 e. The van der Waals surface area contributed by atoms with Gasteiger partial charge in [-0.2, -0.15) is 0 Å². The first-order valence-electron chi connectivity index (χ1n) is 5.54. The van der Waals surface area contributed by atoms with Gasteiger partial charge < -0.3 is 4.52 Å². The van der Waals surface area contributed by atoms with Crippen molar-refractivity contribution in [2.45, 2.75) is 13.8 Å². The van der Waals surface area contributed by atoms with E-state index in [2.05, 4.69) is 9.88 Å². The van der Waals surface area contributed by atoms with Crippen LogP contribution in [0.5, 0.6) is 0 Å². The number of nitrogens with zero attached hydrogens (tertiary/aromatic N) is 1. The van der Waals surface area contributed by atoms with E-state index in [0.717, 1.165) is 11.1 Å². The molecule has 0 unspecified atom stereocenters. The molecule has 0 aliphatic rings. The summed E-state index contributed by atoms with van der Waals surface area (Å²) in [5, 5.41) is 3.64. The summed E-state index contributed by atoms with van der Waals surface area (Å²) in [7, 11) is -3.36.